The molecule has 1 heterocycles. The van der Waals surface area contributed by atoms with Crippen LogP contribution in [0.1, 0.15) is 52.4 Å². The first-order chi connectivity index (χ1) is 12.9. The number of rotatable bonds is 7. The largest absolute Gasteiger partial charge is 0.348 e. The summed E-state index contributed by atoms with van der Waals surface area (Å²) >= 11 is 4.18. The van der Waals surface area contributed by atoms with Crippen LogP contribution >= 0.6 is 12.6 Å². The van der Waals surface area contributed by atoms with E-state index in [-0.39, 0.29) is 17.8 Å². The maximum atomic E-state index is 12.7. The second-order valence-electron chi connectivity index (χ2n) is 6.63. The molecule has 0 aromatic heterocycles. The van der Waals surface area contributed by atoms with Crippen molar-refractivity contribution in [2.24, 2.45) is 10.4 Å². The van der Waals surface area contributed by atoms with Crippen LogP contribution < -0.4 is 16.0 Å². The van der Waals surface area contributed by atoms with Crippen LogP contribution in [0.2, 0.25) is 0 Å². The van der Waals surface area contributed by atoms with Crippen molar-refractivity contribution < 1.29 is 14.4 Å². The average molecular weight is 391 g/mol. The van der Waals surface area contributed by atoms with E-state index in [4.69, 9.17) is 0 Å². The number of nitrogens with one attached hydrogen (secondary N) is 3. The summed E-state index contributed by atoms with van der Waals surface area (Å²) < 4.78 is 0. The average Bonchev–Trinajstić information content (AvgIpc) is 2.63. The normalized spacial score (nSPS) is 15.7. The smallest absolute Gasteiger partial charge is 0.306 e. The Labute approximate surface area is 164 Å². The van der Waals surface area contributed by atoms with Crippen LogP contribution in [-0.4, -0.2) is 23.8 Å². The maximum Gasteiger partial charge on any atom is 0.348 e. The molecule has 0 unspecified atom stereocenters. The highest BCUT2D eigenvalue weighted by Gasteiger charge is 2.48. The third-order valence-electron chi connectivity index (χ3n) is 4.58. The number of urea groups is 1. The van der Waals surface area contributed by atoms with Gasteiger partial charge in [-0.25, -0.2) is 4.79 Å². The predicted octanol–water partition coefficient (Wildman–Crippen LogP) is 3.48. The molecule has 0 atom stereocenters. The quantitative estimate of drug-likeness (QED) is 0.424. The zero-order valence-electron chi connectivity index (χ0n) is 15.7. The van der Waals surface area contributed by atoms with Gasteiger partial charge in [0.2, 0.25) is 17.8 Å². The molecule has 1 aromatic carbocycles. The van der Waals surface area contributed by atoms with E-state index in [9.17, 15) is 14.4 Å². The minimum absolute atomic E-state index is 0.142. The van der Waals surface area contributed by atoms with E-state index >= 15 is 0 Å². The molecule has 4 amide bonds. The van der Waals surface area contributed by atoms with E-state index in [1.54, 1.807) is 24.3 Å². The lowest BCUT2D eigenvalue weighted by molar-refractivity contribution is -0.145. The summed E-state index contributed by atoms with van der Waals surface area (Å²) in [5.74, 6) is -0.921. The second-order valence-corrected chi connectivity index (χ2v) is 7.15. The molecule has 0 bridgehead atoms. The van der Waals surface area contributed by atoms with Crippen molar-refractivity contribution in [1.29, 1.82) is 0 Å². The van der Waals surface area contributed by atoms with Gasteiger partial charge in [-0.15, -0.1) is 12.6 Å². The first-order valence-electron chi connectivity index (χ1n) is 9.23. The SMILES string of the molecule is CCCCC1(CCCC)C(=O)NC(=NC(=O)Nc2ccc(S)cc2)NC1=O. The standard InChI is InChI=1S/C19H26N4O3S/c1-3-5-11-19(12-6-4-2)15(24)21-17(22-16(19)25)23-18(26)20-13-7-9-14(27)10-8-13/h7-10,27H,3-6,11-12H2,1-2H3,(H3,20,21,22,23,24,25,26). The van der Waals surface area contributed by atoms with Gasteiger partial charge in [0, 0.05) is 10.6 Å². The van der Waals surface area contributed by atoms with Crippen molar-refractivity contribution in [3.8, 4) is 0 Å². The molecule has 1 fully saturated rings. The molecule has 0 spiro atoms. The Bertz CT molecular complexity index is 701. The Kier molecular flexibility index (Phi) is 7.41. The molecule has 3 N–H and O–H groups in total. The van der Waals surface area contributed by atoms with Gasteiger partial charge in [0.05, 0.1) is 0 Å². The Morgan fingerprint density at radius 3 is 2.04 bits per heavy atom. The van der Waals surface area contributed by atoms with Crippen LogP contribution in [0.3, 0.4) is 0 Å². The monoisotopic (exact) mass is 390 g/mol. The number of guanidine groups is 1. The lowest BCUT2D eigenvalue weighted by atomic mass is 9.75. The Balaban J connectivity index is 2.10. The number of carbonyl (C=O) groups is 3. The van der Waals surface area contributed by atoms with E-state index in [1.807, 2.05) is 13.8 Å². The van der Waals surface area contributed by atoms with Gasteiger partial charge in [-0.2, -0.15) is 4.99 Å². The first-order valence-corrected chi connectivity index (χ1v) is 9.67. The van der Waals surface area contributed by atoms with Gasteiger partial charge in [-0.05, 0) is 37.1 Å². The molecule has 8 heteroatoms. The number of anilines is 1. The molecule has 1 aliphatic heterocycles. The van der Waals surface area contributed by atoms with Crippen LogP contribution in [0, 0.1) is 5.41 Å². The van der Waals surface area contributed by atoms with Gasteiger partial charge >= 0.3 is 6.03 Å². The van der Waals surface area contributed by atoms with Gasteiger partial charge < -0.3 is 5.32 Å². The van der Waals surface area contributed by atoms with Crippen LogP contribution in [0.15, 0.2) is 34.2 Å². The molecule has 27 heavy (non-hydrogen) atoms. The predicted molar refractivity (Wildman–Crippen MR) is 108 cm³/mol. The van der Waals surface area contributed by atoms with Crippen molar-refractivity contribution in [3.05, 3.63) is 24.3 Å². The van der Waals surface area contributed by atoms with Crippen molar-refractivity contribution in [1.82, 2.24) is 10.6 Å². The van der Waals surface area contributed by atoms with E-state index in [0.29, 0.717) is 18.5 Å². The lowest BCUT2D eigenvalue weighted by Gasteiger charge is -2.35. The summed E-state index contributed by atoms with van der Waals surface area (Å²) in [4.78, 5) is 42.1. The van der Waals surface area contributed by atoms with E-state index in [2.05, 4.69) is 33.6 Å². The Morgan fingerprint density at radius 2 is 1.56 bits per heavy atom. The maximum absolute atomic E-state index is 12.7. The van der Waals surface area contributed by atoms with Crippen LogP contribution in [-0.2, 0) is 9.59 Å². The number of unbranched alkanes of at least 4 members (excludes halogenated alkanes) is 2. The number of hydrogen-bond donors (Lipinski definition) is 4. The van der Waals surface area contributed by atoms with Gasteiger partial charge in [0.15, 0.2) is 0 Å². The zero-order chi connectivity index (χ0) is 19.9. The first kappa shape index (κ1) is 21.0. The minimum Gasteiger partial charge on any atom is -0.306 e. The van der Waals surface area contributed by atoms with Crippen molar-refractivity contribution in [3.63, 3.8) is 0 Å². The fourth-order valence-electron chi connectivity index (χ4n) is 2.98. The van der Waals surface area contributed by atoms with Crippen molar-refractivity contribution >= 4 is 42.1 Å². The number of carbonyl (C=O) groups excluding carboxylic acids is 3. The summed E-state index contributed by atoms with van der Waals surface area (Å²) in [6, 6.07) is 6.13. The van der Waals surface area contributed by atoms with Crippen molar-refractivity contribution in [2.75, 3.05) is 5.32 Å². The molecule has 2 rings (SSSR count). The molecular weight excluding hydrogens is 364 g/mol. The highest BCUT2D eigenvalue weighted by molar-refractivity contribution is 7.80. The molecular formula is C19H26N4O3S. The van der Waals surface area contributed by atoms with Gasteiger partial charge in [0.1, 0.15) is 5.41 Å². The summed E-state index contributed by atoms with van der Waals surface area (Å²) in [7, 11) is 0. The summed E-state index contributed by atoms with van der Waals surface area (Å²) in [6.07, 6.45) is 4.30. The number of hydrogen-bond acceptors (Lipinski definition) is 4. The van der Waals surface area contributed by atoms with Crippen LogP contribution in [0.25, 0.3) is 0 Å². The van der Waals surface area contributed by atoms with Crippen LogP contribution in [0.5, 0.6) is 0 Å². The summed E-state index contributed by atoms with van der Waals surface area (Å²) in [5.41, 5.74) is -0.556. The molecule has 7 nitrogen and oxygen atoms in total. The highest BCUT2D eigenvalue weighted by atomic mass is 32.1. The molecule has 1 saturated heterocycles. The van der Waals surface area contributed by atoms with E-state index < -0.39 is 11.4 Å². The third-order valence-corrected chi connectivity index (χ3v) is 4.88. The second kappa shape index (κ2) is 9.55. The van der Waals surface area contributed by atoms with Gasteiger partial charge in [0.25, 0.3) is 0 Å². The molecule has 146 valence electrons. The number of nitrogens with zero attached hydrogens (tertiary/aromatic N) is 1. The summed E-state index contributed by atoms with van der Waals surface area (Å²) in [5, 5.41) is 7.75. The number of benzene rings is 1. The fraction of sp³-hybridized carbons (Fsp3) is 0.474. The topological polar surface area (TPSA) is 99.7 Å². The molecule has 1 aromatic rings. The minimum atomic E-state index is -1.09. The molecule has 1 aliphatic rings. The van der Waals surface area contributed by atoms with Crippen LogP contribution in [0.4, 0.5) is 10.5 Å². The number of aliphatic imine (C=N–C) groups is 1. The number of thiol groups is 1. The Hall–Kier alpha value is -2.35. The highest BCUT2D eigenvalue weighted by Crippen LogP contribution is 2.33. The lowest BCUT2D eigenvalue weighted by Crippen LogP contribution is -2.63. The van der Waals surface area contributed by atoms with Gasteiger partial charge in [-0.1, -0.05) is 39.5 Å². The fourth-order valence-corrected chi connectivity index (χ4v) is 3.13. The molecule has 0 saturated carbocycles. The Morgan fingerprint density at radius 1 is 1.04 bits per heavy atom. The summed E-state index contributed by atoms with van der Waals surface area (Å²) in [6.45, 7) is 4.04. The zero-order valence-corrected chi connectivity index (χ0v) is 16.6. The molecule has 0 aliphatic carbocycles. The van der Waals surface area contributed by atoms with Gasteiger partial charge in [-0.3, -0.25) is 20.2 Å². The molecule has 0 radical (unpaired) electrons. The van der Waals surface area contributed by atoms with E-state index in [1.165, 1.54) is 0 Å². The third kappa shape index (κ3) is 5.32. The number of amides is 4. The van der Waals surface area contributed by atoms with E-state index in [0.717, 1.165) is 30.6 Å². The van der Waals surface area contributed by atoms with Crippen molar-refractivity contribution in [2.45, 2.75) is 57.3 Å².